The monoisotopic (exact) mass is 266 g/mol. The first-order valence-electron chi connectivity index (χ1n) is 8.11. The highest BCUT2D eigenvalue weighted by atomic mass is 16.2. The highest BCUT2D eigenvalue weighted by Crippen LogP contribution is 2.27. The summed E-state index contributed by atoms with van der Waals surface area (Å²) >= 11 is 0. The van der Waals surface area contributed by atoms with Crippen LogP contribution in [0.3, 0.4) is 0 Å². The summed E-state index contributed by atoms with van der Waals surface area (Å²) in [5.41, 5.74) is 0. The van der Waals surface area contributed by atoms with Crippen molar-refractivity contribution in [3.63, 3.8) is 0 Å². The molecule has 0 radical (unpaired) electrons. The maximum absolute atomic E-state index is 12.6. The Labute approximate surface area is 118 Å². The van der Waals surface area contributed by atoms with Crippen LogP contribution < -0.4 is 5.32 Å². The molecule has 4 atom stereocenters. The molecule has 3 nitrogen and oxygen atoms in total. The minimum atomic E-state index is 0.387. The van der Waals surface area contributed by atoms with Gasteiger partial charge in [0.15, 0.2) is 0 Å². The normalized spacial score (nSPS) is 34.1. The van der Waals surface area contributed by atoms with Crippen LogP contribution in [0.5, 0.6) is 0 Å². The Morgan fingerprint density at radius 1 is 1.21 bits per heavy atom. The van der Waals surface area contributed by atoms with E-state index >= 15 is 0 Å². The number of hydrogen-bond acceptors (Lipinski definition) is 2. The predicted molar refractivity (Wildman–Crippen MR) is 79.0 cm³/mol. The number of hydrogen-bond donors (Lipinski definition) is 1. The zero-order chi connectivity index (χ0) is 13.8. The third-order valence-corrected chi connectivity index (χ3v) is 5.12. The molecule has 0 aromatic carbocycles. The third kappa shape index (κ3) is 3.71. The number of nitrogens with one attached hydrogen (secondary N) is 1. The van der Waals surface area contributed by atoms with E-state index in [4.69, 9.17) is 0 Å². The minimum absolute atomic E-state index is 0.387. The number of carbonyl (C=O) groups is 1. The molecule has 2 heterocycles. The fourth-order valence-electron chi connectivity index (χ4n) is 3.82. The standard InChI is InChI=1S/C16H30N2O/c1-12(15-8-5-9-17-11-15)10-16(19)18-13(2)6-4-7-14(18)3/h12-15,17H,4-11H2,1-3H3/t12?,13-,14+,15?. The van der Waals surface area contributed by atoms with Crippen LogP contribution in [0.4, 0.5) is 0 Å². The van der Waals surface area contributed by atoms with Crippen LogP contribution in [0.2, 0.25) is 0 Å². The summed E-state index contributed by atoms with van der Waals surface area (Å²) in [6, 6.07) is 0.876. The molecule has 110 valence electrons. The Balaban J connectivity index is 1.88. The lowest BCUT2D eigenvalue weighted by Crippen LogP contribution is -2.48. The SMILES string of the molecule is CC(CC(=O)N1[C@H](C)CCC[C@@H]1C)C1CCCNC1. The molecule has 1 N–H and O–H groups in total. The van der Waals surface area contributed by atoms with Crippen molar-refractivity contribution in [2.75, 3.05) is 13.1 Å². The van der Waals surface area contributed by atoms with Gasteiger partial charge in [0.2, 0.25) is 5.91 Å². The van der Waals surface area contributed by atoms with Crippen molar-refractivity contribution >= 4 is 5.91 Å². The maximum atomic E-state index is 12.6. The van der Waals surface area contributed by atoms with Gasteiger partial charge in [-0.1, -0.05) is 6.92 Å². The maximum Gasteiger partial charge on any atom is 0.223 e. The average Bonchev–Trinajstić information content (AvgIpc) is 2.39. The van der Waals surface area contributed by atoms with Gasteiger partial charge in [0.1, 0.15) is 0 Å². The van der Waals surface area contributed by atoms with Crippen LogP contribution >= 0.6 is 0 Å². The number of likely N-dealkylation sites (tertiary alicyclic amines) is 1. The Bertz CT molecular complexity index is 289. The lowest BCUT2D eigenvalue weighted by molar-refractivity contribution is -0.138. The van der Waals surface area contributed by atoms with E-state index in [1.54, 1.807) is 0 Å². The molecule has 0 saturated carbocycles. The second-order valence-electron chi connectivity index (χ2n) is 6.72. The van der Waals surface area contributed by atoms with Gasteiger partial charge in [0, 0.05) is 18.5 Å². The fraction of sp³-hybridized carbons (Fsp3) is 0.938. The highest BCUT2D eigenvalue weighted by molar-refractivity contribution is 5.77. The second kappa shape index (κ2) is 6.74. The highest BCUT2D eigenvalue weighted by Gasteiger charge is 2.31. The molecule has 3 heteroatoms. The summed E-state index contributed by atoms with van der Waals surface area (Å²) in [6.45, 7) is 8.92. The number of rotatable bonds is 3. The lowest BCUT2D eigenvalue weighted by atomic mass is 9.84. The van der Waals surface area contributed by atoms with Crippen molar-refractivity contribution in [2.45, 2.75) is 71.4 Å². The van der Waals surface area contributed by atoms with Crippen LogP contribution in [0, 0.1) is 11.8 Å². The number of amides is 1. The van der Waals surface area contributed by atoms with Crippen molar-refractivity contribution in [3.8, 4) is 0 Å². The molecule has 2 unspecified atom stereocenters. The van der Waals surface area contributed by atoms with Gasteiger partial charge in [0.25, 0.3) is 0 Å². The number of piperidine rings is 2. The molecule has 0 aromatic rings. The summed E-state index contributed by atoms with van der Waals surface area (Å²) in [4.78, 5) is 14.7. The summed E-state index contributed by atoms with van der Waals surface area (Å²) in [5, 5.41) is 3.46. The smallest absolute Gasteiger partial charge is 0.223 e. The molecular formula is C16H30N2O. The van der Waals surface area contributed by atoms with Gasteiger partial charge in [-0.3, -0.25) is 4.79 Å². The molecule has 2 rings (SSSR count). The van der Waals surface area contributed by atoms with Gasteiger partial charge < -0.3 is 10.2 Å². The van der Waals surface area contributed by atoms with Crippen molar-refractivity contribution in [1.82, 2.24) is 10.2 Å². The van der Waals surface area contributed by atoms with E-state index in [1.807, 2.05) is 0 Å². The van der Waals surface area contributed by atoms with Crippen molar-refractivity contribution in [1.29, 1.82) is 0 Å². The van der Waals surface area contributed by atoms with E-state index in [-0.39, 0.29) is 0 Å². The molecular weight excluding hydrogens is 236 g/mol. The quantitative estimate of drug-likeness (QED) is 0.852. The second-order valence-corrected chi connectivity index (χ2v) is 6.72. The third-order valence-electron chi connectivity index (χ3n) is 5.12. The van der Waals surface area contributed by atoms with Crippen LogP contribution in [-0.2, 0) is 4.79 Å². The van der Waals surface area contributed by atoms with E-state index in [1.165, 1.54) is 32.1 Å². The fourth-order valence-corrected chi connectivity index (χ4v) is 3.82. The molecule has 2 fully saturated rings. The molecule has 2 aliphatic heterocycles. The predicted octanol–water partition coefficient (Wildman–Crippen LogP) is 2.80. The summed E-state index contributed by atoms with van der Waals surface area (Å²) in [7, 11) is 0. The molecule has 2 aliphatic rings. The zero-order valence-corrected chi connectivity index (χ0v) is 12.8. The Hall–Kier alpha value is -0.570. The van der Waals surface area contributed by atoms with Gasteiger partial charge in [-0.05, 0) is 70.9 Å². The lowest BCUT2D eigenvalue weighted by Gasteiger charge is -2.40. The molecule has 0 spiro atoms. The Morgan fingerprint density at radius 2 is 1.89 bits per heavy atom. The van der Waals surface area contributed by atoms with Crippen molar-refractivity contribution < 1.29 is 4.79 Å². The largest absolute Gasteiger partial charge is 0.337 e. The topological polar surface area (TPSA) is 32.3 Å². The van der Waals surface area contributed by atoms with Gasteiger partial charge in [-0.15, -0.1) is 0 Å². The molecule has 0 bridgehead atoms. The average molecular weight is 266 g/mol. The van der Waals surface area contributed by atoms with E-state index in [0.29, 0.717) is 29.8 Å². The van der Waals surface area contributed by atoms with E-state index in [2.05, 4.69) is 31.0 Å². The van der Waals surface area contributed by atoms with Gasteiger partial charge in [0.05, 0.1) is 0 Å². The van der Waals surface area contributed by atoms with Crippen LogP contribution in [-0.4, -0.2) is 36.0 Å². The molecule has 1 amide bonds. The van der Waals surface area contributed by atoms with Gasteiger partial charge in [-0.25, -0.2) is 0 Å². The minimum Gasteiger partial charge on any atom is -0.337 e. The van der Waals surface area contributed by atoms with Crippen molar-refractivity contribution in [2.24, 2.45) is 11.8 Å². The van der Waals surface area contributed by atoms with Crippen LogP contribution in [0.25, 0.3) is 0 Å². The van der Waals surface area contributed by atoms with E-state index in [0.717, 1.165) is 19.5 Å². The Morgan fingerprint density at radius 3 is 2.47 bits per heavy atom. The first kappa shape index (κ1) is 14.8. The first-order valence-corrected chi connectivity index (χ1v) is 8.11. The summed E-state index contributed by atoms with van der Waals surface area (Å²) < 4.78 is 0. The summed E-state index contributed by atoms with van der Waals surface area (Å²) in [5.74, 6) is 1.59. The molecule has 19 heavy (non-hydrogen) atoms. The molecule has 0 aromatic heterocycles. The van der Waals surface area contributed by atoms with E-state index in [9.17, 15) is 4.79 Å². The zero-order valence-electron chi connectivity index (χ0n) is 12.8. The molecule has 2 saturated heterocycles. The van der Waals surface area contributed by atoms with E-state index < -0.39 is 0 Å². The van der Waals surface area contributed by atoms with Crippen LogP contribution in [0.1, 0.15) is 59.3 Å². The van der Waals surface area contributed by atoms with Crippen LogP contribution in [0.15, 0.2) is 0 Å². The number of carbonyl (C=O) groups excluding carboxylic acids is 1. The Kier molecular flexibility index (Phi) is 5.26. The first-order chi connectivity index (χ1) is 9.09. The summed E-state index contributed by atoms with van der Waals surface area (Å²) in [6.07, 6.45) is 6.91. The molecule has 0 aliphatic carbocycles. The van der Waals surface area contributed by atoms with Crippen molar-refractivity contribution in [3.05, 3.63) is 0 Å². The van der Waals surface area contributed by atoms with Gasteiger partial charge >= 0.3 is 0 Å². The number of nitrogens with zero attached hydrogens (tertiary/aromatic N) is 1. The van der Waals surface area contributed by atoms with Gasteiger partial charge in [-0.2, -0.15) is 0 Å².